The van der Waals surface area contributed by atoms with E-state index < -0.39 is 58.5 Å². The summed E-state index contributed by atoms with van der Waals surface area (Å²) in [6, 6.07) is 0. The minimum atomic E-state index is -8.64. The van der Waals surface area contributed by atoms with Crippen molar-refractivity contribution in [3.05, 3.63) is 0 Å². The summed E-state index contributed by atoms with van der Waals surface area (Å²) >= 11 is 3.71. The summed E-state index contributed by atoms with van der Waals surface area (Å²) in [5.41, 5.74) is 4.42. The number of nitrogens with two attached hydrogens (primary N) is 1. The first-order valence-electron chi connectivity index (χ1n) is 6.61. The highest BCUT2D eigenvalue weighted by Crippen LogP contribution is 2.64. The lowest BCUT2D eigenvalue weighted by Gasteiger charge is -2.43. The monoisotopic (exact) mass is 507 g/mol. The van der Waals surface area contributed by atoms with Gasteiger partial charge in [-0.1, -0.05) is 19.1 Å². The molecule has 0 aliphatic rings. The molecule has 180 valence electrons. The van der Waals surface area contributed by atoms with Gasteiger partial charge in [-0.05, 0) is 0 Å². The highest BCUT2D eigenvalue weighted by atomic mass is 32.1. The van der Waals surface area contributed by atoms with E-state index in [4.69, 9.17) is 0 Å². The van der Waals surface area contributed by atoms with E-state index in [9.17, 15) is 74.6 Å². The molecule has 0 rings (SSSR count). The van der Waals surface area contributed by atoms with Gasteiger partial charge in [0.15, 0.2) is 0 Å². The molecule has 0 aromatic rings. The number of alkyl halides is 17. The lowest BCUT2D eigenvalue weighted by Crippen LogP contribution is -2.75. The van der Waals surface area contributed by atoms with Crippen LogP contribution in [0.1, 0.15) is 6.92 Å². The fourth-order valence-corrected chi connectivity index (χ4v) is 1.77. The lowest BCUT2D eigenvalue weighted by atomic mass is 9.85. The van der Waals surface area contributed by atoms with Crippen LogP contribution in [0.15, 0.2) is 0 Å². The summed E-state index contributed by atoms with van der Waals surface area (Å²) in [5.74, 6) is -60.1. The average Bonchev–Trinajstić information content (AvgIpc) is 2.51. The molecule has 0 radical (unpaired) electrons. The van der Waals surface area contributed by atoms with Gasteiger partial charge >= 0.3 is 47.6 Å². The van der Waals surface area contributed by atoms with Gasteiger partial charge in [0.1, 0.15) is 0 Å². The molecule has 0 spiro atoms. The second-order valence-electron chi connectivity index (χ2n) is 5.69. The topological polar surface area (TPSA) is 26.0 Å². The molecule has 1 unspecified atom stereocenters. The molecule has 0 heterocycles. The second kappa shape index (κ2) is 7.11. The van der Waals surface area contributed by atoms with E-state index in [0.717, 1.165) is 0 Å². The van der Waals surface area contributed by atoms with Crippen LogP contribution < -0.4 is 5.73 Å². The maximum absolute atomic E-state index is 13.5. The Balaban J connectivity index is 6.81. The van der Waals surface area contributed by atoms with Crippen molar-refractivity contribution in [3.63, 3.8) is 0 Å². The van der Waals surface area contributed by atoms with Crippen molar-refractivity contribution in [1.29, 1.82) is 0 Å². The van der Waals surface area contributed by atoms with E-state index in [1.54, 1.807) is 0 Å². The molecule has 0 saturated carbocycles. The average molecular weight is 507 g/mol. The molecule has 0 aliphatic carbocycles. The molecule has 0 saturated heterocycles. The van der Waals surface area contributed by atoms with Gasteiger partial charge in [-0.25, -0.2) is 0 Å². The minimum Gasteiger partial charge on any atom is -0.393 e. The second-order valence-corrected chi connectivity index (χ2v) is 6.16. The van der Waals surface area contributed by atoms with Crippen molar-refractivity contribution in [3.8, 4) is 0 Å². The standard InChI is InChI=1S/C11H6F17NS/c1-2(3(29)30)4(12,13)5(14,15)6(16,17)7(18,19)8(20,21)9(22,23)10(24,25)11(26,27)28/h2H,1H3,(H2,29,30). The van der Waals surface area contributed by atoms with Crippen molar-refractivity contribution in [1.82, 2.24) is 0 Å². The zero-order valence-corrected chi connectivity index (χ0v) is 14.3. The molecular formula is C11H6F17NS. The minimum absolute atomic E-state index is 0.213. The summed E-state index contributed by atoms with van der Waals surface area (Å²) in [7, 11) is 0. The first-order valence-corrected chi connectivity index (χ1v) is 7.02. The summed E-state index contributed by atoms with van der Waals surface area (Å²) in [6.07, 6.45) is -7.78. The van der Waals surface area contributed by atoms with E-state index in [0.29, 0.717) is 0 Å². The van der Waals surface area contributed by atoms with Gasteiger partial charge in [-0.15, -0.1) is 0 Å². The largest absolute Gasteiger partial charge is 0.460 e. The molecule has 1 nitrogen and oxygen atoms in total. The maximum Gasteiger partial charge on any atom is 0.460 e. The van der Waals surface area contributed by atoms with E-state index in [-0.39, 0.29) is 6.92 Å². The fraction of sp³-hybridized carbons (Fsp3) is 0.909. The predicted molar refractivity (Wildman–Crippen MR) is 66.6 cm³/mol. The van der Waals surface area contributed by atoms with Crippen LogP contribution in [-0.2, 0) is 0 Å². The third-order valence-corrected chi connectivity index (χ3v) is 4.07. The Labute approximate surface area is 159 Å². The highest BCUT2D eigenvalue weighted by Gasteiger charge is 2.95. The zero-order valence-electron chi connectivity index (χ0n) is 13.5. The molecule has 0 bridgehead atoms. The van der Waals surface area contributed by atoms with Crippen LogP contribution in [0.25, 0.3) is 0 Å². The fourth-order valence-electron chi connectivity index (χ4n) is 1.63. The number of rotatable bonds is 8. The molecule has 30 heavy (non-hydrogen) atoms. The Hall–Kier alpha value is -1.30. The van der Waals surface area contributed by atoms with Crippen LogP contribution in [0.2, 0.25) is 0 Å². The van der Waals surface area contributed by atoms with Crippen molar-refractivity contribution >= 4 is 17.2 Å². The van der Waals surface area contributed by atoms with Gasteiger partial charge in [0.2, 0.25) is 0 Å². The molecule has 19 heteroatoms. The SMILES string of the molecule is CC(C(N)=S)C(F)(F)C(F)(F)C(F)(F)C(F)(F)C(F)(F)C(F)(F)C(F)(F)C(F)(F)F. The summed E-state index contributed by atoms with van der Waals surface area (Å²) in [6.45, 7) is -0.213. The molecule has 0 fully saturated rings. The molecule has 0 aromatic heterocycles. The Kier molecular flexibility index (Phi) is 6.80. The van der Waals surface area contributed by atoms with E-state index in [2.05, 4.69) is 18.0 Å². The van der Waals surface area contributed by atoms with E-state index in [1.165, 1.54) is 0 Å². The van der Waals surface area contributed by atoms with Crippen LogP contribution in [-0.4, -0.2) is 52.6 Å². The van der Waals surface area contributed by atoms with Crippen LogP contribution >= 0.6 is 12.2 Å². The Morgan fingerprint density at radius 1 is 0.533 bits per heavy atom. The lowest BCUT2D eigenvalue weighted by molar-refractivity contribution is -0.462. The Bertz CT molecular complexity index is 663. The molecule has 0 aliphatic heterocycles. The van der Waals surface area contributed by atoms with Crippen molar-refractivity contribution < 1.29 is 74.6 Å². The predicted octanol–water partition coefficient (Wildman–Crippen LogP) is 5.92. The first-order chi connectivity index (χ1) is 12.6. The van der Waals surface area contributed by atoms with Crippen LogP contribution in [0.5, 0.6) is 0 Å². The molecular weight excluding hydrogens is 501 g/mol. The van der Waals surface area contributed by atoms with E-state index in [1.807, 2.05) is 0 Å². The van der Waals surface area contributed by atoms with Gasteiger partial charge in [0, 0.05) is 0 Å². The van der Waals surface area contributed by atoms with Crippen LogP contribution in [0, 0.1) is 5.92 Å². The summed E-state index contributed by atoms with van der Waals surface area (Å²) in [4.78, 5) is -1.79. The third-order valence-electron chi connectivity index (χ3n) is 3.72. The molecule has 0 aromatic carbocycles. The van der Waals surface area contributed by atoms with Gasteiger partial charge in [0.25, 0.3) is 0 Å². The molecule has 0 amide bonds. The molecule has 1 atom stereocenters. The highest BCUT2D eigenvalue weighted by molar-refractivity contribution is 7.80. The summed E-state index contributed by atoms with van der Waals surface area (Å²) in [5, 5.41) is 0. The number of hydrogen-bond acceptors (Lipinski definition) is 1. The molecule has 2 N–H and O–H groups in total. The van der Waals surface area contributed by atoms with Crippen LogP contribution in [0.3, 0.4) is 0 Å². The third kappa shape index (κ3) is 3.43. The van der Waals surface area contributed by atoms with E-state index >= 15 is 0 Å². The van der Waals surface area contributed by atoms with Gasteiger partial charge in [-0.3, -0.25) is 0 Å². The Morgan fingerprint density at radius 2 is 0.767 bits per heavy atom. The van der Waals surface area contributed by atoms with Crippen molar-refractivity contribution in [2.24, 2.45) is 11.7 Å². The Morgan fingerprint density at radius 3 is 1.00 bits per heavy atom. The van der Waals surface area contributed by atoms with Crippen molar-refractivity contribution in [2.45, 2.75) is 54.6 Å². The number of hydrogen-bond donors (Lipinski definition) is 1. The smallest absolute Gasteiger partial charge is 0.393 e. The zero-order chi connectivity index (χ0) is 25.2. The van der Waals surface area contributed by atoms with Crippen molar-refractivity contribution in [2.75, 3.05) is 0 Å². The number of halogens is 17. The maximum atomic E-state index is 13.5. The normalized spacial score (nSPS) is 17.1. The van der Waals surface area contributed by atoms with Gasteiger partial charge < -0.3 is 5.73 Å². The number of thiocarbonyl (C=S) groups is 1. The van der Waals surface area contributed by atoms with Gasteiger partial charge in [0.05, 0.1) is 10.9 Å². The van der Waals surface area contributed by atoms with Crippen LogP contribution in [0.4, 0.5) is 74.6 Å². The first kappa shape index (κ1) is 28.7. The quantitative estimate of drug-likeness (QED) is 0.326. The summed E-state index contributed by atoms with van der Waals surface area (Å²) < 4.78 is 220. The van der Waals surface area contributed by atoms with Gasteiger partial charge in [-0.2, -0.15) is 74.6 Å².